The molecule has 3 aromatic rings. The fourth-order valence-corrected chi connectivity index (χ4v) is 3.44. The summed E-state index contributed by atoms with van der Waals surface area (Å²) in [7, 11) is 4.06. The van der Waals surface area contributed by atoms with E-state index < -0.39 is 0 Å². The minimum Gasteiger partial charge on any atom is -0.358 e. The molecule has 0 radical (unpaired) electrons. The molecule has 0 aliphatic rings. The van der Waals surface area contributed by atoms with Gasteiger partial charge in [0.1, 0.15) is 0 Å². The van der Waals surface area contributed by atoms with Gasteiger partial charge in [-0.1, -0.05) is 48.5 Å². The van der Waals surface area contributed by atoms with Gasteiger partial charge in [-0.05, 0) is 55.8 Å². The summed E-state index contributed by atoms with van der Waals surface area (Å²) in [6.45, 7) is 4.71. The van der Waals surface area contributed by atoms with Crippen LogP contribution in [0.1, 0.15) is 16.7 Å². The maximum atomic E-state index is 12.7. The quantitative estimate of drug-likeness (QED) is 0.588. The Morgan fingerprint density at radius 3 is 2.55 bits per heavy atom. The smallest absolute Gasteiger partial charge is 0.253 e. The number of hydrogen-bond acceptors (Lipinski definition) is 3. The van der Waals surface area contributed by atoms with Crippen LogP contribution < -0.4 is 10.9 Å². The Bertz CT molecular complexity index is 1030. The Hall–Kier alpha value is -2.70. The highest BCUT2D eigenvalue weighted by Gasteiger charge is 2.14. The molecule has 152 valence electrons. The molecule has 0 aliphatic carbocycles. The van der Waals surface area contributed by atoms with E-state index >= 15 is 0 Å². The molecular weight excluding hydrogens is 380 g/mol. The lowest BCUT2D eigenvalue weighted by Gasteiger charge is -2.27. The number of H-pyrrole nitrogens is 1. The first-order chi connectivity index (χ1) is 13.9. The molecule has 0 unspecified atom stereocenters. The lowest BCUT2D eigenvalue weighted by atomic mass is 10.1. The van der Waals surface area contributed by atoms with E-state index in [1.165, 1.54) is 5.56 Å². The predicted octanol–water partition coefficient (Wildman–Crippen LogP) is 3.27. The van der Waals surface area contributed by atoms with E-state index in [9.17, 15) is 4.79 Å². The van der Waals surface area contributed by atoms with E-state index in [1.807, 2.05) is 63.5 Å². The minimum atomic E-state index is -0.0625. The summed E-state index contributed by atoms with van der Waals surface area (Å²) in [5, 5.41) is 5.02. The lowest BCUT2D eigenvalue weighted by Crippen LogP contribution is -2.43. The van der Waals surface area contributed by atoms with Crippen molar-refractivity contribution in [2.75, 3.05) is 27.2 Å². The Kier molecular flexibility index (Phi) is 7.01. The van der Waals surface area contributed by atoms with Crippen molar-refractivity contribution in [3.05, 3.63) is 81.6 Å². The number of para-hydroxylation sites is 1. The van der Waals surface area contributed by atoms with Crippen molar-refractivity contribution in [1.82, 2.24) is 20.1 Å². The van der Waals surface area contributed by atoms with Crippen LogP contribution >= 0.6 is 12.2 Å². The summed E-state index contributed by atoms with van der Waals surface area (Å²) in [5.41, 5.74) is 3.78. The Balaban J connectivity index is 1.79. The van der Waals surface area contributed by atoms with Crippen molar-refractivity contribution in [1.29, 1.82) is 0 Å². The Labute approximate surface area is 177 Å². The zero-order valence-electron chi connectivity index (χ0n) is 17.2. The van der Waals surface area contributed by atoms with E-state index in [0.717, 1.165) is 29.6 Å². The fraction of sp³-hybridized carbons (Fsp3) is 0.304. The van der Waals surface area contributed by atoms with Crippen LogP contribution in [0.3, 0.4) is 0 Å². The zero-order valence-corrected chi connectivity index (χ0v) is 18.1. The van der Waals surface area contributed by atoms with Crippen molar-refractivity contribution in [3.8, 4) is 0 Å². The van der Waals surface area contributed by atoms with Gasteiger partial charge in [-0.3, -0.25) is 4.79 Å². The second kappa shape index (κ2) is 9.67. The number of hydrogen-bond donors (Lipinski definition) is 2. The molecule has 29 heavy (non-hydrogen) atoms. The molecular formula is C23H28N4OS. The number of likely N-dealkylation sites (N-methyl/N-ethyl adjacent to an activating group) is 1. The van der Waals surface area contributed by atoms with Crippen LogP contribution in [0.4, 0.5) is 0 Å². The number of fused-ring (bicyclic) bond motifs is 1. The van der Waals surface area contributed by atoms with Crippen LogP contribution in [-0.2, 0) is 13.1 Å². The van der Waals surface area contributed by atoms with Crippen LogP contribution in [0.15, 0.2) is 59.4 Å². The summed E-state index contributed by atoms with van der Waals surface area (Å²) < 4.78 is 0. The normalized spacial score (nSPS) is 11.0. The molecule has 1 aromatic heterocycles. The molecule has 0 saturated heterocycles. The summed E-state index contributed by atoms with van der Waals surface area (Å²) >= 11 is 5.67. The van der Waals surface area contributed by atoms with Gasteiger partial charge in [0.25, 0.3) is 5.56 Å². The first kappa shape index (κ1) is 21.0. The molecule has 3 rings (SSSR count). The van der Waals surface area contributed by atoms with Crippen LogP contribution in [-0.4, -0.2) is 47.1 Å². The molecule has 0 saturated carbocycles. The van der Waals surface area contributed by atoms with E-state index in [-0.39, 0.29) is 5.56 Å². The molecule has 6 heteroatoms. The number of pyridine rings is 1. The van der Waals surface area contributed by atoms with Crippen molar-refractivity contribution < 1.29 is 0 Å². The SMILES string of the molecule is Cc1cccc2cc(CN(CCN(C)C)C(=S)NCc3ccccc3)c(=O)[nH]c12. The average molecular weight is 409 g/mol. The maximum Gasteiger partial charge on any atom is 0.253 e. The third kappa shape index (κ3) is 5.65. The molecule has 1 heterocycles. The number of aryl methyl sites for hydroxylation is 1. The first-order valence-electron chi connectivity index (χ1n) is 9.77. The molecule has 0 aliphatic heterocycles. The van der Waals surface area contributed by atoms with Crippen molar-refractivity contribution in [2.45, 2.75) is 20.0 Å². The number of thiocarbonyl (C=S) groups is 1. The first-order valence-corrected chi connectivity index (χ1v) is 10.2. The molecule has 5 nitrogen and oxygen atoms in total. The van der Waals surface area contributed by atoms with Gasteiger partial charge >= 0.3 is 0 Å². The molecule has 2 aromatic carbocycles. The second-order valence-electron chi connectivity index (χ2n) is 7.53. The van der Waals surface area contributed by atoms with E-state index in [1.54, 1.807) is 0 Å². The monoisotopic (exact) mass is 408 g/mol. The van der Waals surface area contributed by atoms with Gasteiger partial charge < -0.3 is 20.1 Å². The minimum absolute atomic E-state index is 0.0625. The number of benzene rings is 2. The summed E-state index contributed by atoms with van der Waals surface area (Å²) in [6, 6.07) is 18.2. The zero-order chi connectivity index (χ0) is 20.8. The summed E-state index contributed by atoms with van der Waals surface area (Å²) in [6.07, 6.45) is 0. The average Bonchev–Trinajstić information content (AvgIpc) is 2.71. The van der Waals surface area contributed by atoms with Crippen molar-refractivity contribution in [2.24, 2.45) is 0 Å². The lowest BCUT2D eigenvalue weighted by molar-refractivity contribution is 0.322. The topological polar surface area (TPSA) is 51.4 Å². The molecule has 2 N–H and O–H groups in total. The molecule has 0 amide bonds. The Morgan fingerprint density at radius 2 is 1.83 bits per heavy atom. The number of nitrogens with zero attached hydrogens (tertiary/aromatic N) is 2. The molecule has 0 fully saturated rings. The highest BCUT2D eigenvalue weighted by atomic mass is 32.1. The Morgan fingerprint density at radius 1 is 1.07 bits per heavy atom. The second-order valence-corrected chi connectivity index (χ2v) is 7.92. The van der Waals surface area contributed by atoms with Gasteiger partial charge in [-0.25, -0.2) is 0 Å². The fourth-order valence-electron chi connectivity index (χ4n) is 3.21. The third-order valence-electron chi connectivity index (χ3n) is 4.92. The van der Waals surface area contributed by atoms with Crippen molar-refractivity contribution in [3.63, 3.8) is 0 Å². The van der Waals surface area contributed by atoms with Crippen molar-refractivity contribution >= 4 is 28.2 Å². The number of aromatic amines is 1. The van der Waals surface area contributed by atoms with Gasteiger partial charge in [-0.15, -0.1) is 0 Å². The van der Waals surface area contributed by atoms with Gasteiger partial charge in [0.05, 0.1) is 12.1 Å². The molecule has 0 bridgehead atoms. The van der Waals surface area contributed by atoms with Gasteiger partial charge in [0.2, 0.25) is 0 Å². The van der Waals surface area contributed by atoms with Gasteiger partial charge in [-0.2, -0.15) is 0 Å². The maximum absolute atomic E-state index is 12.7. The number of nitrogens with one attached hydrogen (secondary N) is 2. The van der Waals surface area contributed by atoms with Crippen LogP contribution in [0.25, 0.3) is 10.9 Å². The van der Waals surface area contributed by atoms with Crippen LogP contribution in [0.5, 0.6) is 0 Å². The largest absolute Gasteiger partial charge is 0.358 e. The number of aromatic nitrogens is 1. The standard InChI is InChI=1S/C23H28N4OS/c1-17-8-7-11-19-14-20(22(28)25-21(17)19)16-27(13-12-26(2)3)23(29)24-15-18-9-5-4-6-10-18/h4-11,14H,12-13,15-16H2,1-3H3,(H,24,29)(H,25,28). The van der Waals surface area contributed by atoms with Gasteiger partial charge in [0, 0.05) is 25.2 Å². The predicted molar refractivity (Wildman–Crippen MR) is 124 cm³/mol. The van der Waals surface area contributed by atoms with E-state index in [2.05, 4.69) is 32.2 Å². The third-order valence-corrected chi connectivity index (χ3v) is 5.32. The summed E-state index contributed by atoms with van der Waals surface area (Å²) in [5.74, 6) is 0. The number of rotatable bonds is 7. The molecule has 0 spiro atoms. The molecule has 0 atom stereocenters. The highest BCUT2D eigenvalue weighted by Crippen LogP contribution is 2.16. The van der Waals surface area contributed by atoms with Crippen LogP contribution in [0.2, 0.25) is 0 Å². The van der Waals surface area contributed by atoms with Crippen LogP contribution in [0, 0.1) is 6.92 Å². The highest BCUT2D eigenvalue weighted by molar-refractivity contribution is 7.80. The van der Waals surface area contributed by atoms with Gasteiger partial charge in [0.15, 0.2) is 5.11 Å². The van der Waals surface area contributed by atoms with E-state index in [4.69, 9.17) is 12.2 Å². The van der Waals surface area contributed by atoms with E-state index in [0.29, 0.717) is 23.8 Å². The summed E-state index contributed by atoms with van der Waals surface area (Å²) in [4.78, 5) is 19.9.